The summed E-state index contributed by atoms with van der Waals surface area (Å²) in [6, 6.07) is 2.30. The first-order chi connectivity index (χ1) is 8.04. The Kier molecular flexibility index (Phi) is 4.33. The van der Waals surface area contributed by atoms with Crippen LogP contribution in [0.15, 0.2) is 16.1 Å². The summed E-state index contributed by atoms with van der Waals surface area (Å²) in [6.07, 6.45) is 2.26. The number of dihydropyridines is 1. The number of nitrogens with one attached hydrogen (secondary N) is 2. The maximum atomic E-state index is 9.18. The summed E-state index contributed by atoms with van der Waals surface area (Å²) in [5.74, 6) is 0.385. The molecule has 0 radical (unpaired) electrons. The van der Waals surface area contributed by atoms with Gasteiger partial charge in [0.25, 0.3) is 0 Å². The lowest BCUT2D eigenvalue weighted by Gasteiger charge is -2.25. The maximum absolute atomic E-state index is 9.18. The molecule has 0 aliphatic carbocycles. The molecule has 1 atom stereocenters. The molecule has 0 saturated heterocycles. The van der Waals surface area contributed by atoms with E-state index in [9.17, 15) is 5.26 Å². The molecule has 1 unspecified atom stereocenters. The summed E-state index contributed by atoms with van der Waals surface area (Å²) in [7, 11) is 0. The topological polar surface area (TPSA) is 83.8 Å². The van der Waals surface area contributed by atoms with Gasteiger partial charge in [-0.25, -0.2) is 0 Å². The van der Waals surface area contributed by atoms with Crippen molar-refractivity contribution in [3.63, 3.8) is 0 Å². The lowest BCUT2D eigenvalue weighted by molar-refractivity contribution is 0.490. The quantitative estimate of drug-likeness (QED) is 0.715. The number of rotatable bonds is 4. The summed E-state index contributed by atoms with van der Waals surface area (Å²) >= 11 is 0. The Morgan fingerprint density at radius 3 is 2.71 bits per heavy atom. The summed E-state index contributed by atoms with van der Waals surface area (Å²) in [6.45, 7) is 6.14. The van der Waals surface area contributed by atoms with Crippen LogP contribution in [0.2, 0.25) is 0 Å². The van der Waals surface area contributed by atoms with Gasteiger partial charge in [-0.2, -0.15) is 5.26 Å². The van der Waals surface area contributed by atoms with Crippen molar-refractivity contribution in [2.45, 2.75) is 39.7 Å². The van der Waals surface area contributed by atoms with Gasteiger partial charge in [0.15, 0.2) is 0 Å². The van der Waals surface area contributed by atoms with E-state index in [-0.39, 0.29) is 11.8 Å². The van der Waals surface area contributed by atoms with Crippen LogP contribution in [0.1, 0.15) is 33.6 Å². The van der Waals surface area contributed by atoms with Gasteiger partial charge in [0.1, 0.15) is 0 Å². The highest BCUT2D eigenvalue weighted by Gasteiger charge is 2.26. The maximum Gasteiger partial charge on any atom is 0.0955 e. The summed E-state index contributed by atoms with van der Waals surface area (Å²) in [4.78, 5) is 4.61. The predicted molar refractivity (Wildman–Crippen MR) is 70.1 cm³/mol. The molecular formula is C13H18N4. The third-order valence-electron chi connectivity index (χ3n) is 2.98. The minimum absolute atomic E-state index is 0.0874. The van der Waals surface area contributed by atoms with Gasteiger partial charge >= 0.3 is 0 Å². The molecule has 4 nitrogen and oxygen atoms in total. The first kappa shape index (κ1) is 13.3. The number of aliphatic imine (C=N–C) groups is 1. The van der Waals surface area contributed by atoms with Crippen molar-refractivity contribution in [1.82, 2.24) is 0 Å². The Balaban J connectivity index is 3.25. The second kappa shape index (κ2) is 5.53. The average Bonchev–Trinajstić information content (AvgIpc) is 2.35. The Morgan fingerprint density at radius 1 is 1.65 bits per heavy atom. The fraction of sp³-hybridized carbons (Fsp3) is 0.538. The fourth-order valence-corrected chi connectivity index (χ4v) is 1.94. The van der Waals surface area contributed by atoms with Gasteiger partial charge in [0.05, 0.1) is 17.8 Å². The first-order valence-electron chi connectivity index (χ1n) is 5.84. The lowest BCUT2D eigenvalue weighted by Crippen LogP contribution is -2.26. The zero-order valence-corrected chi connectivity index (χ0v) is 10.5. The fourth-order valence-electron chi connectivity index (χ4n) is 1.94. The molecule has 0 bridgehead atoms. The minimum atomic E-state index is 0.0874. The molecule has 0 spiro atoms. The average molecular weight is 230 g/mol. The van der Waals surface area contributed by atoms with E-state index >= 15 is 0 Å². The Morgan fingerprint density at radius 2 is 2.29 bits per heavy atom. The molecule has 0 aromatic rings. The van der Waals surface area contributed by atoms with E-state index in [4.69, 9.17) is 10.8 Å². The van der Waals surface area contributed by atoms with E-state index in [1.54, 1.807) is 0 Å². The highest BCUT2D eigenvalue weighted by Crippen LogP contribution is 2.26. The molecule has 0 aromatic carbocycles. The Bertz CT molecular complexity index is 435. The Hall–Kier alpha value is -1.76. The zero-order chi connectivity index (χ0) is 13.0. The van der Waals surface area contributed by atoms with E-state index < -0.39 is 0 Å². The van der Waals surface area contributed by atoms with Crippen LogP contribution in [-0.2, 0) is 0 Å². The molecule has 17 heavy (non-hydrogen) atoms. The molecule has 0 fully saturated rings. The zero-order valence-electron chi connectivity index (χ0n) is 10.5. The van der Waals surface area contributed by atoms with Crippen molar-refractivity contribution in [2.75, 3.05) is 0 Å². The number of nitrogens with zero attached hydrogens (tertiary/aromatic N) is 2. The largest absolute Gasteiger partial charge is 0.307 e. The third kappa shape index (κ3) is 2.68. The normalized spacial score (nSPS) is 19.9. The highest BCUT2D eigenvalue weighted by atomic mass is 14.8. The van der Waals surface area contributed by atoms with Crippen LogP contribution in [0, 0.1) is 28.1 Å². The number of allylic oxidation sites excluding steroid dienone is 1. The van der Waals surface area contributed by atoms with Crippen LogP contribution in [0.5, 0.6) is 0 Å². The van der Waals surface area contributed by atoms with E-state index in [0.717, 1.165) is 11.9 Å². The molecule has 4 heteroatoms. The monoisotopic (exact) mass is 230 g/mol. The molecule has 1 aliphatic heterocycles. The van der Waals surface area contributed by atoms with E-state index in [0.29, 0.717) is 29.9 Å². The molecule has 0 amide bonds. The van der Waals surface area contributed by atoms with Gasteiger partial charge in [-0.05, 0) is 12.3 Å². The second-order valence-corrected chi connectivity index (χ2v) is 4.47. The van der Waals surface area contributed by atoms with Gasteiger partial charge in [0.2, 0.25) is 0 Å². The molecule has 90 valence electrons. The second-order valence-electron chi connectivity index (χ2n) is 4.47. The van der Waals surface area contributed by atoms with Gasteiger partial charge < -0.3 is 5.41 Å². The minimum Gasteiger partial charge on any atom is -0.307 e. The smallest absolute Gasteiger partial charge is 0.0955 e. The van der Waals surface area contributed by atoms with Crippen LogP contribution in [0.4, 0.5) is 0 Å². The number of hydrogen-bond acceptors (Lipinski definition) is 4. The molecule has 0 aromatic heterocycles. The van der Waals surface area contributed by atoms with E-state index in [1.807, 2.05) is 6.92 Å². The third-order valence-corrected chi connectivity index (χ3v) is 2.98. The van der Waals surface area contributed by atoms with Crippen molar-refractivity contribution in [1.29, 1.82) is 16.1 Å². The van der Waals surface area contributed by atoms with Crippen LogP contribution in [-0.4, -0.2) is 23.7 Å². The first-order valence-corrected chi connectivity index (χ1v) is 5.84. The van der Waals surface area contributed by atoms with E-state index in [1.165, 1.54) is 0 Å². The summed E-state index contributed by atoms with van der Waals surface area (Å²) in [5.41, 5.74) is 2.05. The molecule has 1 aliphatic rings. The van der Waals surface area contributed by atoms with Crippen molar-refractivity contribution < 1.29 is 0 Å². The standard InChI is InChI=1S/C13H18N4/c1-4-11-13(10(16)7-15)9(6-14)5-12(17-11)8(2)3/h7-8,12,15-16H,4-5H2,1-3H3. The van der Waals surface area contributed by atoms with Crippen LogP contribution >= 0.6 is 0 Å². The predicted octanol–water partition coefficient (Wildman–Crippen LogP) is 2.76. The van der Waals surface area contributed by atoms with Crippen LogP contribution in [0.3, 0.4) is 0 Å². The molecule has 2 N–H and O–H groups in total. The van der Waals surface area contributed by atoms with Crippen molar-refractivity contribution in [3.8, 4) is 6.07 Å². The molecule has 0 saturated carbocycles. The van der Waals surface area contributed by atoms with Crippen LogP contribution in [0.25, 0.3) is 0 Å². The van der Waals surface area contributed by atoms with Crippen molar-refractivity contribution in [3.05, 3.63) is 11.1 Å². The van der Waals surface area contributed by atoms with Crippen molar-refractivity contribution >= 4 is 17.6 Å². The van der Waals surface area contributed by atoms with Gasteiger partial charge in [-0.15, -0.1) is 0 Å². The summed E-state index contributed by atoms with van der Waals surface area (Å²) < 4.78 is 0. The van der Waals surface area contributed by atoms with Crippen molar-refractivity contribution in [2.24, 2.45) is 10.9 Å². The molecular weight excluding hydrogens is 212 g/mol. The van der Waals surface area contributed by atoms with Crippen LogP contribution < -0.4 is 0 Å². The lowest BCUT2D eigenvalue weighted by atomic mass is 9.87. The SMILES string of the molecule is CCC1=NC(C(C)C)CC(C#N)=C1C(=N)C=N. The number of hydrogen-bond donors (Lipinski definition) is 2. The number of nitriles is 1. The molecule has 1 heterocycles. The van der Waals surface area contributed by atoms with Gasteiger partial charge in [-0.1, -0.05) is 20.8 Å². The molecule has 1 rings (SSSR count). The van der Waals surface area contributed by atoms with Gasteiger partial charge in [0, 0.05) is 29.5 Å². The Labute approximate surface area is 102 Å². The van der Waals surface area contributed by atoms with E-state index in [2.05, 4.69) is 24.9 Å². The summed E-state index contributed by atoms with van der Waals surface area (Å²) in [5, 5.41) is 24.1. The van der Waals surface area contributed by atoms with Gasteiger partial charge in [-0.3, -0.25) is 10.4 Å². The highest BCUT2D eigenvalue weighted by molar-refractivity contribution is 6.45.